The lowest BCUT2D eigenvalue weighted by atomic mass is 10.2. The molecule has 0 atom stereocenters. The van der Waals surface area contributed by atoms with Gasteiger partial charge in [0.25, 0.3) is 0 Å². The number of rotatable bonds is 3. The van der Waals surface area contributed by atoms with E-state index in [2.05, 4.69) is 13.3 Å². The Morgan fingerprint density at radius 3 is 2.71 bits per heavy atom. The molecule has 0 saturated heterocycles. The van der Waals surface area contributed by atoms with Crippen molar-refractivity contribution in [1.29, 1.82) is 0 Å². The Labute approximate surface area is 46.2 Å². The van der Waals surface area contributed by atoms with Gasteiger partial charge in [-0.3, -0.25) is 0 Å². The molecule has 0 bridgehead atoms. The van der Waals surface area contributed by atoms with Crippen molar-refractivity contribution in [3.63, 3.8) is 0 Å². The van der Waals surface area contributed by atoms with Crippen molar-refractivity contribution in [2.24, 2.45) is 0 Å². The van der Waals surface area contributed by atoms with Crippen LogP contribution in [0, 0.1) is 13.3 Å². The van der Waals surface area contributed by atoms with Crippen molar-refractivity contribution in [2.75, 3.05) is 0 Å². The highest BCUT2D eigenvalue weighted by Crippen LogP contribution is 1.91. The lowest BCUT2D eigenvalue weighted by molar-refractivity contribution is 1.00. The van der Waals surface area contributed by atoms with Gasteiger partial charge in [0.05, 0.1) is 0 Å². The summed E-state index contributed by atoms with van der Waals surface area (Å²) in [7, 11) is 0. The summed E-state index contributed by atoms with van der Waals surface area (Å²) >= 11 is 0. The zero-order chi connectivity index (χ0) is 5.54. The van der Waals surface area contributed by atoms with E-state index in [1.807, 2.05) is 19.1 Å². The minimum absolute atomic E-state index is 1.00. The molecule has 0 rings (SSSR count). The Hall–Kier alpha value is -0.260. The molecule has 0 saturated carbocycles. The third kappa shape index (κ3) is 5.74. The summed E-state index contributed by atoms with van der Waals surface area (Å²) < 4.78 is 0. The SMILES string of the molecule is [CH2]CC[CH]/C=C\C. The first-order valence-electron chi connectivity index (χ1n) is 2.65. The maximum atomic E-state index is 3.69. The van der Waals surface area contributed by atoms with Crippen molar-refractivity contribution >= 4 is 0 Å². The number of hydrogen-bond donors (Lipinski definition) is 0. The summed E-state index contributed by atoms with van der Waals surface area (Å²) in [5, 5.41) is 0. The van der Waals surface area contributed by atoms with Crippen LogP contribution >= 0.6 is 0 Å². The Balaban J connectivity index is 2.69. The highest BCUT2D eigenvalue weighted by atomic mass is 13.8. The Morgan fingerprint density at radius 2 is 2.29 bits per heavy atom. The first-order valence-corrected chi connectivity index (χ1v) is 2.65. The van der Waals surface area contributed by atoms with Crippen LogP contribution in [0.5, 0.6) is 0 Å². The summed E-state index contributed by atoms with van der Waals surface area (Å²) in [4.78, 5) is 0. The van der Waals surface area contributed by atoms with E-state index in [1.54, 1.807) is 0 Å². The van der Waals surface area contributed by atoms with Crippen molar-refractivity contribution in [2.45, 2.75) is 19.8 Å². The van der Waals surface area contributed by atoms with Crippen molar-refractivity contribution in [3.8, 4) is 0 Å². The maximum absolute atomic E-state index is 3.69. The van der Waals surface area contributed by atoms with Gasteiger partial charge in [-0.25, -0.2) is 0 Å². The van der Waals surface area contributed by atoms with Crippen LogP contribution in [0.2, 0.25) is 0 Å². The minimum atomic E-state index is 1.00. The monoisotopic (exact) mass is 96.1 g/mol. The molecule has 2 radical (unpaired) electrons. The molecule has 0 N–H and O–H groups in total. The summed E-state index contributed by atoms with van der Waals surface area (Å²) in [5.74, 6) is 0. The first-order chi connectivity index (χ1) is 3.41. The average Bonchev–Trinajstić information content (AvgIpc) is 1.69. The Kier molecular flexibility index (Phi) is 5.53. The molecule has 7 heavy (non-hydrogen) atoms. The third-order valence-electron chi connectivity index (χ3n) is 0.699. The van der Waals surface area contributed by atoms with Gasteiger partial charge in [-0.1, -0.05) is 25.5 Å². The lowest BCUT2D eigenvalue weighted by Gasteiger charge is -1.83. The molecule has 0 heterocycles. The highest BCUT2D eigenvalue weighted by molar-refractivity contribution is 4.91. The second-order valence-electron chi connectivity index (χ2n) is 1.40. The largest absolute Gasteiger partial charge is 0.0914 e. The summed E-state index contributed by atoms with van der Waals surface area (Å²) in [6.07, 6.45) is 8.29. The van der Waals surface area contributed by atoms with Gasteiger partial charge in [0.1, 0.15) is 0 Å². The zero-order valence-electron chi connectivity index (χ0n) is 4.85. The van der Waals surface area contributed by atoms with E-state index in [9.17, 15) is 0 Å². The molecule has 0 aliphatic carbocycles. The van der Waals surface area contributed by atoms with Crippen LogP contribution in [0.3, 0.4) is 0 Å². The molecule has 0 fully saturated rings. The molecule has 0 aromatic rings. The van der Waals surface area contributed by atoms with Crippen molar-refractivity contribution in [1.82, 2.24) is 0 Å². The number of hydrogen-bond acceptors (Lipinski definition) is 0. The van der Waals surface area contributed by atoms with E-state index in [-0.39, 0.29) is 0 Å². The fraction of sp³-hybridized carbons (Fsp3) is 0.429. The molecular weight excluding hydrogens is 84.1 g/mol. The van der Waals surface area contributed by atoms with E-state index in [1.165, 1.54) is 0 Å². The van der Waals surface area contributed by atoms with Crippen molar-refractivity contribution in [3.05, 3.63) is 25.5 Å². The number of allylic oxidation sites excluding steroid dienone is 2. The fourth-order valence-electron chi connectivity index (χ4n) is 0.350. The summed E-state index contributed by atoms with van der Waals surface area (Å²) in [5.41, 5.74) is 0. The second kappa shape index (κ2) is 5.74. The third-order valence-corrected chi connectivity index (χ3v) is 0.699. The molecule has 0 aromatic carbocycles. The standard InChI is InChI=1S/C7H12/c1-3-5-7-6-4-2/h4,6-7H,1,3,5H2,2H3/b6-4-. The van der Waals surface area contributed by atoms with E-state index in [4.69, 9.17) is 0 Å². The second-order valence-corrected chi connectivity index (χ2v) is 1.40. The first kappa shape index (κ1) is 6.74. The normalized spacial score (nSPS) is 10.6. The molecule has 0 aromatic heterocycles. The molecule has 0 aliphatic heterocycles. The minimum Gasteiger partial charge on any atom is -0.0914 e. The van der Waals surface area contributed by atoms with E-state index in [0.29, 0.717) is 0 Å². The molecular formula is C7H12. The van der Waals surface area contributed by atoms with Crippen LogP contribution < -0.4 is 0 Å². The highest BCUT2D eigenvalue weighted by Gasteiger charge is 1.73. The van der Waals surface area contributed by atoms with Crippen LogP contribution in [-0.4, -0.2) is 0 Å². The van der Waals surface area contributed by atoms with Crippen LogP contribution in [0.15, 0.2) is 12.2 Å². The Bertz CT molecular complexity index is 44.0. The molecule has 0 aliphatic rings. The zero-order valence-corrected chi connectivity index (χ0v) is 4.85. The molecule has 0 unspecified atom stereocenters. The quantitative estimate of drug-likeness (QED) is 0.473. The summed E-state index contributed by atoms with van der Waals surface area (Å²) in [6.45, 7) is 5.71. The smallest absolute Gasteiger partial charge is 0.0171 e. The van der Waals surface area contributed by atoms with Gasteiger partial charge in [-0.15, -0.1) is 0 Å². The molecule has 40 valence electrons. The number of unbranched alkanes of at least 4 members (excludes halogenated alkanes) is 2. The molecule has 0 heteroatoms. The predicted molar refractivity (Wildman–Crippen MR) is 33.7 cm³/mol. The van der Waals surface area contributed by atoms with Crippen LogP contribution in [0.4, 0.5) is 0 Å². The molecule has 0 spiro atoms. The lowest BCUT2D eigenvalue weighted by Crippen LogP contribution is -1.65. The van der Waals surface area contributed by atoms with E-state index in [0.717, 1.165) is 12.8 Å². The van der Waals surface area contributed by atoms with E-state index >= 15 is 0 Å². The van der Waals surface area contributed by atoms with Gasteiger partial charge >= 0.3 is 0 Å². The molecule has 0 nitrogen and oxygen atoms in total. The van der Waals surface area contributed by atoms with Crippen molar-refractivity contribution < 1.29 is 0 Å². The van der Waals surface area contributed by atoms with Gasteiger partial charge < -0.3 is 0 Å². The predicted octanol–water partition coefficient (Wildman–Crippen LogP) is 2.38. The maximum Gasteiger partial charge on any atom is -0.0171 e. The van der Waals surface area contributed by atoms with Gasteiger partial charge in [-0.05, 0) is 19.8 Å². The van der Waals surface area contributed by atoms with Crippen LogP contribution in [0.25, 0.3) is 0 Å². The van der Waals surface area contributed by atoms with Crippen LogP contribution in [0.1, 0.15) is 19.8 Å². The molecule has 0 amide bonds. The fourth-order valence-corrected chi connectivity index (χ4v) is 0.350. The summed E-state index contributed by atoms with van der Waals surface area (Å²) in [6, 6.07) is 0. The van der Waals surface area contributed by atoms with E-state index < -0.39 is 0 Å². The topological polar surface area (TPSA) is 0 Å². The van der Waals surface area contributed by atoms with Gasteiger partial charge in [0, 0.05) is 0 Å². The average molecular weight is 96.2 g/mol. The van der Waals surface area contributed by atoms with Gasteiger partial charge in [0.2, 0.25) is 0 Å². The Morgan fingerprint density at radius 1 is 1.57 bits per heavy atom. The van der Waals surface area contributed by atoms with Crippen LogP contribution in [-0.2, 0) is 0 Å². The van der Waals surface area contributed by atoms with Gasteiger partial charge in [-0.2, -0.15) is 0 Å². The van der Waals surface area contributed by atoms with Gasteiger partial charge in [0.15, 0.2) is 0 Å².